The number of carboxylic acids is 1. The fourth-order valence-corrected chi connectivity index (χ4v) is 1.70. The van der Waals surface area contributed by atoms with Crippen LogP contribution < -0.4 is 5.56 Å². The van der Waals surface area contributed by atoms with Gasteiger partial charge < -0.3 is 9.67 Å². The summed E-state index contributed by atoms with van der Waals surface area (Å²) in [4.78, 5) is 25.6. The number of aryl methyl sites for hydroxylation is 1. The molecule has 0 unspecified atom stereocenters. The van der Waals surface area contributed by atoms with E-state index in [1.165, 1.54) is 12.5 Å². The zero-order valence-electron chi connectivity index (χ0n) is 9.83. The van der Waals surface area contributed by atoms with Gasteiger partial charge in [0.1, 0.15) is 5.56 Å². The zero-order chi connectivity index (χ0) is 13.1. The third-order valence-corrected chi connectivity index (χ3v) is 2.53. The van der Waals surface area contributed by atoms with Gasteiger partial charge in [0.2, 0.25) is 0 Å². The lowest BCUT2D eigenvalue weighted by atomic mass is 10.1. The van der Waals surface area contributed by atoms with Gasteiger partial charge >= 0.3 is 5.97 Å². The highest BCUT2D eigenvalue weighted by Crippen LogP contribution is 2.06. The molecule has 92 valence electrons. The smallest absolute Gasteiger partial charge is 0.342 e. The van der Waals surface area contributed by atoms with Crippen LogP contribution in [0.15, 0.2) is 41.6 Å². The van der Waals surface area contributed by atoms with Crippen LogP contribution in [0.5, 0.6) is 0 Å². The molecule has 18 heavy (non-hydrogen) atoms. The van der Waals surface area contributed by atoms with Crippen LogP contribution in [-0.2, 0) is 6.54 Å². The largest absolute Gasteiger partial charge is 0.477 e. The van der Waals surface area contributed by atoms with Gasteiger partial charge in [-0.2, -0.15) is 4.98 Å². The van der Waals surface area contributed by atoms with E-state index in [9.17, 15) is 9.59 Å². The lowest BCUT2D eigenvalue weighted by Crippen LogP contribution is -2.20. The summed E-state index contributed by atoms with van der Waals surface area (Å²) in [5.41, 5.74) is 1.12. The molecule has 0 bridgehead atoms. The SMILES string of the molecule is Cc1cccc(Cn2cnc(=O)c(C(=O)O)c2)c1. The average molecular weight is 244 g/mol. The maximum atomic E-state index is 11.2. The van der Waals surface area contributed by atoms with Gasteiger partial charge in [-0.3, -0.25) is 4.79 Å². The van der Waals surface area contributed by atoms with Crippen LogP contribution in [0.2, 0.25) is 0 Å². The summed E-state index contributed by atoms with van der Waals surface area (Å²) >= 11 is 0. The fourth-order valence-electron chi connectivity index (χ4n) is 1.70. The minimum atomic E-state index is -1.26. The number of aromatic carboxylic acids is 1. The first-order valence-electron chi connectivity index (χ1n) is 5.41. The standard InChI is InChI=1S/C13H12N2O3/c1-9-3-2-4-10(5-9)6-15-7-11(13(17)18)12(16)14-8-15/h2-5,7-8H,6H2,1H3,(H,17,18). The summed E-state index contributed by atoms with van der Waals surface area (Å²) in [6.45, 7) is 2.46. The molecule has 0 atom stereocenters. The van der Waals surface area contributed by atoms with Crippen molar-refractivity contribution in [3.05, 3.63) is 63.8 Å². The molecule has 1 aromatic carbocycles. The molecule has 5 nitrogen and oxygen atoms in total. The fraction of sp³-hybridized carbons (Fsp3) is 0.154. The van der Waals surface area contributed by atoms with E-state index in [1.54, 1.807) is 4.57 Å². The molecule has 0 aliphatic carbocycles. The number of benzene rings is 1. The molecule has 5 heteroatoms. The first kappa shape index (κ1) is 12.0. The molecular weight excluding hydrogens is 232 g/mol. The van der Waals surface area contributed by atoms with Gasteiger partial charge in [-0.15, -0.1) is 0 Å². The maximum absolute atomic E-state index is 11.2. The number of rotatable bonds is 3. The lowest BCUT2D eigenvalue weighted by Gasteiger charge is -2.07. The van der Waals surface area contributed by atoms with Crippen molar-refractivity contribution in [1.82, 2.24) is 9.55 Å². The Morgan fingerprint density at radius 1 is 1.44 bits per heavy atom. The Morgan fingerprint density at radius 3 is 2.89 bits per heavy atom. The second-order valence-corrected chi connectivity index (χ2v) is 4.06. The van der Waals surface area contributed by atoms with Crippen molar-refractivity contribution in [2.45, 2.75) is 13.5 Å². The molecule has 2 rings (SSSR count). The van der Waals surface area contributed by atoms with Gasteiger partial charge in [-0.25, -0.2) is 4.79 Å². The van der Waals surface area contributed by atoms with Crippen molar-refractivity contribution >= 4 is 5.97 Å². The van der Waals surface area contributed by atoms with Crippen molar-refractivity contribution in [2.24, 2.45) is 0 Å². The van der Waals surface area contributed by atoms with Crippen molar-refractivity contribution in [2.75, 3.05) is 0 Å². The van der Waals surface area contributed by atoms with Gasteiger partial charge in [0.15, 0.2) is 0 Å². The van der Waals surface area contributed by atoms with Crippen molar-refractivity contribution in [3.63, 3.8) is 0 Å². The number of carbonyl (C=O) groups is 1. The van der Waals surface area contributed by atoms with Crippen LogP contribution in [0.25, 0.3) is 0 Å². The Hall–Kier alpha value is -2.43. The predicted molar refractivity (Wildman–Crippen MR) is 65.7 cm³/mol. The maximum Gasteiger partial charge on any atom is 0.342 e. The Labute approximate surface area is 103 Å². The predicted octanol–water partition coefficient (Wildman–Crippen LogP) is 1.30. The molecule has 0 fully saturated rings. The summed E-state index contributed by atoms with van der Waals surface area (Å²) in [5.74, 6) is -1.26. The topological polar surface area (TPSA) is 72.2 Å². The minimum Gasteiger partial charge on any atom is -0.477 e. The molecule has 0 aliphatic heterocycles. The second kappa shape index (κ2) is 4.83. The van der Waals surface area contributed by atoms with E-state index >= 15 is 0 Å². The van der Waals surface area contributed by atoms with E-state index in [4.69, 9.17) is 5.11 Å². The Morgan fingerprint density at radius 2 is 2.22 bits per heavy atom. The highest BCUT2D eigenvalue weighted by Gasteiger charge is 2.09. The van der Waals surface area contributed by atoms with Crippen LogP contribution in [-0.4, -0.2) is 20.6 Å². The van der Waals surface area contributed by atoms with Crippen LogP contribution in [0.1, 0.15) is 21.5 Å². The summed E-state index contributed by atoms with van der Waals surface area (Å²) in [5, 5.41) is 8.85. The number of hydrogen-bond donors (Lipinski definition) is 1. The normalized spacial score (nSPS) is 10.3. The molecule has 2 aromatic rings. The van der Waals surface area contributed by atoms with E-state index in [0.29, 0.717) is 6.54 Å². The Bertz CT molecular complexity index is 647. The second-order valence-electron chi connectivity index (χ2n) is 4.06. The average Bonchev–Trinajstić information content (AvgIpc) is 2.31. The Kier molecular flexibility index (Phi) is 3.23. The van der Waals surface area contributed by atoms with Gasteiger partial charge in [-0.05, 0) is 12.5 Å². The molecular formula is C13H12N2O3. The number of carboxylic acid groups (broad SMARTS) is 1. The highest BCUT2D eigenvalue weighted by atomic mass is 16.4. The number of aromatic nitrogens is 2. The minimum absolute atomic E-state index is 0.315. The molecule has 1 aromatic heterocycles. The molecule has 0 saturated carbocycles. The third-order valence-electron chi connectivity index (χ3n) is 2.53. The molecule has 0 radical (unpaired) electrons. The van der Waals surface area contributed by atoms with E-state index in [1.807, 2.05) is 31.2 Å². The van der Waals surface area contributed by atoms with Gasteiger partial charge in [-0.1, -0.05) is 29.8 Å². The summed E-state index contributed by atoms with van der Waals surface area (Å²) in [7, 11) is 0. The number of nitrogens with zero attached hydrogens (tertiary/aromatic N) is 2. The highest BCUT2D eigenvalue weighted by molar-refractivity contribution is 5.86. The molecule has 1 heterocycles. The quantitative estimate of drug-likeness (QED) is 0.883. The summed E-state index contributed by atoms with van der Waals surface area (Å²) in [6.07, 6.45) is 2.65. The van der Waals surface area contributed by atoms with E-state index in [-0.39, 0.29) is 5.56 Å². The first-order chi connectivity index (χ1) is 8.56. The molecule has 0 saturated heterocycles. The molecule has 1 N–H and O–H groups in total. The first-order valence-corrected chi connectivity index (χ1v) is 5.41. The van der Waals surface area contributed by atoms with Gasteiger partial charge in [0.25, 0.3) is 5.56 Å². The van der Waals surface area contributed by atoms with E-state index < -0.39 is 11.5 Å². The van der Waals surface area contributed by atoms with Crippen LogP contribution in [0, 0.1) is 6.92 Å². The van der Waals surface area contributed by atoms with Crippen LogP contribution >= 0.6 is 0 Å². The van der Waals surface area contributed by atoms with Crippen LogP contribution in [0.4, 0.5) is 0 Å². The Balaban J connectivity index is 2.33. The lowest BCUT2D eigenvalue weighted by molar-refractivity contribution is 0.0694. The van der Waals surface area contributed by atoms with Crippen molar-refractivity contribution in [1.29, 1.82) is 0 Å². The van der Waals surface area contributed by atoms with E-state index in [0.717, 1.165) is 11.1 Å². The number of hydrogen-bond acceptors (Lipinski definition) is 3. The van der Waals surface area contributed by atoms with Gasteiger partial charge in [0, 0.05) is 12.7 Å². The van der Waals surface area contributed by atoms with Gasteiger partial charge in [0.05, 0.1) is 6.33 Å². The molecule has 0 aliphatic rings. The molecule has 0 spiro atoms. The molecule has 0 amide bonds. The summed E-state index contributed by atoms with van der Waals surface area (Å²) in [6, 6.07) is 7.85. The summed E-state index contributed by atoms with van der Waals surface area (Å²) < 4.78 is 1.58. The van der Waals surface area contributed by atoms with Crippen LogP contribution in [0.3, 0.4) is 0 Å². The monoisotopic (exact) mass is 244 g/mol. The zero-order valence-corrected chi connectivity index (χ0v) is 9.83. The third kappa shape index (κ3) is 2.63. The van der Waals surface area contributed by atoms with E-state index in [2.05, 4.69) is 4.98 Å². The van der Waals surface area contributed by atoms with Crippen molar-refractivity contribution < 1.29 is 9.90 Å². The van der Waals surface area contributed by atoms with Crippen molar-refractivity contribution in [3.8, 4) is 0 Å².